The molecule has 0 spiro atoms. The number of halogens is 1. The molecule has 0 saturated carbocycles. The van der Waals surface area contributed by atoms with E-state index in [1.54, 1.807) is 21.4 Å². The highest BCUT2D eigenvalue weighted by atomic mass is 79.9. The third-order valence-corrected chi connectivity index (χ3v) is 4.57. The standard InChI is InChI=1S/C11H9BrN4OS/c12-9-4-2-1-3-8(9)11-16(10(17)5-18-11)15-6-13-14-7-15/h1-4,6-7,11H,5H2. The molecule has 1 unspecified atom stereocenters. The largest absolute Gasteiger partial charge is 0.272 e. The van der Waals surface area contributed by atoms with Crippen molar-refractivity contribution in [2.75, 3.05) is 10.8 Å². The van der Waals surface area contributed by atoms with Gasteiger partial charge in [0.1, 0.15) is 18.0 Å². The van der Waals surface area contributed by atoms with Crippen LogP contribution in [0.4, 0.5) is 0 Å². The summed E-state index contributed by atoms with van der Waals surface area (Å²) < 4.78 is 2.63. The van der Waals surface area contributed by atoms with E-state index in [-0.39, 0.29) is 11.3 Å². The molecule has 1 aromatic heterocycles. The molecule has 1 saturated heterocycles. The van der Waals surface area contributed by atoms with Gasteiger partial charge in [0, 0.05) is 10.0 Å². The van der Waals surface area contributed by atoms with Crippen LogP contribution < -0.4 is 5.01 Å². The second-order valence-electron chi connectivity index (χ2n) is 3.77. The van der Waals surface area contributed by atoms with E-state index >= 15 is 0 Å². The predicted molar refractivity (Wildman–Crippen MR) is 72.6 cm³/mol. The number of rotatable bonds is 2. The molecule has 1 amide bonds. The van der Waals surface area contributed by atoms with Crippen LogP contribution in [0.1, 0.15) is 10.9 Å². The summed E-state index contributed by atoms with van der Waals surface area (Å²) in [5.74, 6) is 0.519. The average molecular weight is 325 g/mol. The first-order valence-electron chi connectivity index (χ1n) is 5.30. The van der Waals surface area contributed by atoms with Gasteiger partial charge in [-0.3, -0.25) is 4.79 Å². The zero-order valence-electron chi connectivity index (χ0n) is 9.23. The minimum absolute atomic E-state index is 0.0518. The van der Waals surface area contributed by atoms with Gasteiger partial charge in [-0.2, -0.15) is 0 Å². The van der Waals surface area contributed by atoms with Crippen LogP contribution in [-0.4, -0.2) is 26.5 Å². The Kier molecular flexibility index (Phi) is 3.09. The molecule has 0 N–H and O–H groups in total. The molecule has 1 aliphatic rings. The lowest BCUT2D eigenvalue weighted by Crippen LogP contribution is -2.37. The Bertz CT molecular complexity index is 574. The molecule has 3 rings (SSSR count). The summed E-state index contributed by atoms with van der Waals surface area (Å²) in [5, 5.41) is 9.12. The maximum Gasteiger partial charge on any atom is 0.252 e. The van der Waals surface area contributed by atoms with E-state index in [1.165, 1.54) is 12.7 Å². The van der Waals surface area contributed by atoms with E-state index in [1.807, 2.05) is 24.3 Å². The average Bonchev–Trinajstić information content (AvgIpc) is 2.98. The van der Waals surface area contributed by atoms with Gasteiger partial charge in [-0.25, -0.2) is 9.69 Å². The quantitative estimate of drug-likeness (QED) is 0.847. The van der Waals surface area contributed by atoms with Gasteiger partial charge < -0.3 is 0 Å². The fraction of sp³-hybridized carbons (Fsp3) is 0.182. The molecule has 1 atom stereocenters. The molecular formula is C11H9BrN4OS. The fourth-order valence-electron chi connectivity index (χ4n) is 1.87. The second kappa shape index (κ2) is 4.74. The van der Waals surface area contributed by atoms with E-state index in [0.717, 1.165) is 10.0 Å². The third-order valence-electron chi connectivity index (χ3n) is 2.67. The van der Waals surface area contributed by atoms with Crippen molar-refractivity contribution in [2.45, 2.75) is 5.37 Å². The Morgan fingerprint density at radius 2 is 2.00 bits per heavy atom. The topological polar surface area (TPSA) is 51.0 Å². The Morgan fingerprint density at radius 3 is 2.72 bits per heavy atom. The number of thioether (sulfide) groups is 1. The van der Waals surface area contributed by atoms with E-state index in [9.17, 15) is 4.79 Å². The molecule has 1 fully saturated rings. The molecule has 0 aliphatic carbocycles. The van der Waals surface area contributed by atoms with Crippen molar-refractivity contribution in [3.05, 3.63) is 47.0 Å². The number of nitrogens with zero attached hydrogens (tertiary/aromatic N) is 4. The lowest BCUT2D eigenvalue weighted by molar-refractivity contribution is -0.117. The monoisotopic (exact) mass is 324 g/mol. The van der Waals surface area contributed by atoms with Gasteiger partial charge in [0.25, 0.3) is 5.91 Å². The molecule has 7 heteroatoms. The molecule has 1 aliphatic heterocycles. The first kappa shape index (κ1) is 11.7. The minimum atomic E-state index is -0.0518. The number of benzene rings is 1. The van der Waals surface area contributed by atoms with Crippen LogP contribution >= 0.6 is 27.7 Å². The zero-order valence-corrected chi connectivity index (χ0v) is 11.6. The Balaban J connectivity index is 2.02. The SMILES string of the molecule is O=C1CSC(c2ccccc2Br)N1n1cnnc1. The number of amides is 1. The van der Waals surface area contributed by atoms with Gasteiger partial charge in [-0.15, -0.1) is 22.0 Å². The van der Waals surface area contributed by atoms with Gasteiger partial charge in [0.2, 0.25) is 0 Å². The normalized spacial score (nSPS) is 19.5. The lowest BCUT2D eigenvalue weighted by Gasteiger charge is -2.24. The summed E-state index contributed by atoms with van der Waals surface area (Å²) in [6.07, 6.45) is 3.07. The number of aromatic nitrogens is 3. The molecule has 2 heterocycles. The Labute approximate surface area is 116 Å². The van der Waals surface area contributed by atoms with Crippen LogP contribution in [0.25, 0.3) is 0 Å². The smallest absolute Gasteiger partial charge is 0.252 e. The van der Waals surface area contributed by atoms with Gasteiger partial charge in [-0.05, 0) is 6.07 Å². The van der Waals surface area contributed by atoms with Crippen molar-refractivity contribution in [1.29, 1.82) is 0 Å². The van der Waals surface area contributed by atoms with Crippen molar-refractivity contribution >= 4 is 33.6 Å². The van der Waals surface area contributed by atoms with Gasteiger partial charge in [0.15, 0.2) is 0 Å². The van der Waals surface area contributed by atoms with E-state index in [0.29, 0.717) is 5.75 Å². The molecular weight excluding hydrogens is 316 g/mol. The van der Waals surface area contributed by atoms with E-state index in [2.05, 4.69) is 26.1 Å². The zero-order chi connectivity index (χ0) is 12.5. The molecule has 2 aromatic rings. The van der Waals surface area contributed by atoms with Crippen LogP contribution in [0.2, 0.25) is 0 Å². The summed E-state index contributed by atoms with van der Waals surface area (Å²) in [7, 11) is 0. The third kappa shape index (κ3) is 1.93. The fourth-order valence-corrected chi connectivity index (χ4v) is 3.71. The van der Waals surface area contributed by atoms with Crippen LogP contribution in [0.3, 0.4) is 0 Å². The highest BCUT2D eigenvalue weighted by Gasteiger charge is 2.35. The maximum absolute atomic E-state index is 12.0. The summed E-state index contributed by atoms with van der Waals surface area (Å²) in [6, 6.07) is 7.91. The summed E-state index contributed by atoms with van der Waals surface area (Å²) in [6.45, 7) is 0. The van der Waals surface area contributed by atoms with Crippen molar-refractivity contribution in [2.24, 2.45) is 0 Å². The minimum Gasteiger partial charge on any atom is -0.272 e. The van der Waals surface area contributed by atoms with E-state index < -0.39 is 0 Å². The lowest BCUT2D eigenvalue weighted by atomic mass is 10.2. The van der Waals surface area contributed by atoms with Crippen molar-refractivity contribution in [3.8, 4) is 0 Å². The molecule has 1 aromatic carbocycles. The number of carbonyl (C=O) groups excluding carboxylic acids is 1. The number of carbonyl (C=O) groups is 1. The van der Waals surface area contributed by atoms with Crippen LogP contribution in [-0.2, 0) is 4.79 Å². The molecule has 0 bridgehead atoms. The molecule has 92 valence electrons. The van der Waals surface area contributed by atoms with Crippen LogP contribution in [0, 0.1) is 0 Å². The summed E-state index contributed by atoms with van der Waals surface area (Å²) >= 11 is 5.12. The predicted octanol–water partition coefficient (Wildman–Crippen LogP) is 1.95. The first-order valence-corrected chi connectivity index (χ1v) is 7.14. The molecule has 18 heavy (non-hydrogen) atoms. The summed E-state index contributed by atoms with van der Waals surface area (Å²) in [5.41, 5.74) is 1.07. The van der Waals surface area contributed by atoms with Gasteiger partial charge in [0.05, 0.1) is 5.75 Å². The highest BCUT2D eigenvalue weighted by molar-refractivity contribution is 9.10. The number of hydrogen-bond acceptors (Lipinski definition) is 4. The maximum atomic E-state index is 12.0. The summed E-state index contributed by atoms with van der Waals surface area (Å²) in [4.78, 5) is 12.0. The van der Waals surface area contributed by atoms with Crippen molar-refractivity contribution in [1.82, 2.24) is 14.9 Å². The molecule has 0 radical (unpaired) electrons. The Hall–Kier alpha value is -1.34. The van der Waals surface area contributed by atoms with Crippen LogP contribution in [0.5, 0.6) is 0 Å². The van der Waals surface area contributed by atoms with Crippen molar-refractivity contribution < 1.29 is 4.79 Å². The Morgan fingerprint density at radius 1 is 1.28 bits per heavy atom. The molecule has 5 nitrogen and oxygen atoms in total. The number of hydrogen-bond donors (Lipinski definition) is 0. The highest BCUT2D eigenvalue weighted by Crippen LogP contribution is 2.40. The van der Waals surface area contributed by atoms with Crippen molar-refractivity contribution in [3.63, 3.8) is 0 Å². The van der Waals surface area contributed by atoms with Crippen LogP contribution in [0.15, 0.2) is 41.4 Å². The van der Waals surface area contributed by atoms with Gasteiger partial charge >= 0.3 is 0 Å². The van der Waals surface area contributed by atoms with Gasteiger partial charge in [-0.1, -0.05) is 34.1 Å². The second-order valence-corrected chi connectivity index (χ2v) is 5.69. The van der Waals surface area contributed by atoms with E-state index in [4.69, 9.17) is 0 Å². The first-order chi connectivity index (χ1) is 8.77.